The van der Waals surface area contributed by atoms with Crippen LogP contribution in [-0.2, 0) is 0 Å². The number of fused-ring (bicyclic) bond motifs is 1. The van der Waals surface area contributed by atoms with E-state index in [0.717, 1.165) is 0 Å². The van der Waals surface area contributed by atoms with Crippen molar-refractivity contribution in [1.29, 1.82) is 0 Å². The first-order valence-electron chi connectivity index (χ1n) is 3.81. The van der Waals surface area contributed by atoms with Crippen molar-refractivity contribution >= 4 is 23.5 Å². The molecule has 2 rings (SSSR count). The molecular weight excluding hydrogens is 172 g/mol. The van der Waals surface area contributed by atoms with Crippen LogP contribution in [0.25, 0.3) is 0 Å². The van der Waals surface area contributed by atoms with Crippen molar-refractivity contribution in [2.24, 2.45) is 0 Å². The Balaban J connectivity index is 0.000000281. The average molecular weight is 184 g/mol. The molecule has 60 valence electrons. The molecule has 2 heteroatoms. The number of thioether (sulfide) groups is 2. The maximum Gasteiger partial charge on any atom is 0.0487 e. The predicted molar refractivity (Wildman–Crippen MR) is 54.4 cm³/mol. The zero-order chi connectivity index (χ0) is 8.10. The van der Waals surface area contributed by atoms with E-state index < -0.39 is 0 Å². The zero-order valence-electron chi connectivity index (χ0n) is 6.83. The molecule has 1 aliphatic rings. The van der Waals surface area contributed by atoms with E-state index in [9.17, 15) is 0 Å². The first-order chi connectivity index (χ1) is 5.47. The molecule has 1 aromatic carbocycles. The molecule has 0 aromatic heterocycles. The lowest BCUT2D eigenvalue weighted by Crippen LogP contribution is -1.65. The summed E-state index contributed by atoms with van der Waals surface area (Å²) in [5.41, 5.74) is 0. The Hall–Kier alpha value is -0.0800. The van der Waals surface area contributed by atoms with E-state index in [1.165, 1.54) is 14.9 Å². The molecule has 0 aliphatic carbocycles. The summed E-state index contributed by atoms with van der Waals surface area (Å²) in [6.45, 7) is 4.00. The van der Waals surface area contributed by atoms with Crippen molar-refractivity contribution in [3.05, 3.63) is 24.3 Å². The SMILES string of the molecule is CC.c1ccc2c(c1)SCS2. The minimum absolute atomic E-state index is 1.19. The highest BCUT2D eigenvalue weighted by Crippen LogP contribution is 2.40. The van der Waals surface area contributed by atoms with E-state index in [-0.39, 0.29) is 0 Å². The third-order valence-corrected chi connectivity index (χ3v) is 3.68. The van der Waals surface area contributed by atoms with Gasteiger partial charge < -0.3 is 0 Å². The highest BCUT2D eigenvalue weighted by atomic mass is 32.2. The highest BCUT2D eigenvalue weighted by Gasteiger charge is 2.08. The van der Waals surface area contributed by atoms with Crippen LogP contribution in [0.15, 0.2) is 34.1 Å². The molecule has 0 atom stereocenters. The Bertz CT molecular complexity index is 198. The minimum atomic E-state index is 1.19. The second kappa shape index (κ2) is 4.73. The monoisotopic (exact) mass is 184 g/mol. The molecule has 0 bridgehead atoms. The molecule has 1 aromatic rings. The fourth-order valence-electron chi connectivity index (χ4n) is 0.845. The van der Waals surface area contributed by atoms with E-state index in [0.29, 0.717) is 0 Å². The predicted octanol–water partition coefficient (Wildman–Crippen LogP) is 3.87. The average Bonchev–Trinajstić information content (AvgIpc) is 2.55. The molecule has 11 heavy (non-hydrogen) atoms. The normalized spacial score (nSPS) is 13.3. The lowest BCUT2D eigenvalue weighted by atomic mass is 10.4. The summed E-state index contributed by atoms with van der Waals surface area (Å²) in [7, 11) is 0. The summed E-state index contributed by atoms with van der Waals surface area (Å²) in [5.74, 6) is 0. The Kier molecular flexibility index (Phi) is 3.87. The highest BCUT2D eigenvalue weighted by molar-refractivity contribution is 8.18. The largest absolute Gasteiger partial charge is 0.114 e. The quantitative estimate of drug-likeness (QED) is 0.600. The summed E-state index contributed by atoms with van der Waals surface area (Å²) in [6.07, 6.45) is 0. The number of hydrogen-bond acceptors (Lipinski definition) is 2. The van der Waals surface area contributed by atoms with Gasteiger partial charge in [0.1, 0.15) is 0 Å². The van der Waals surface area contributed by atoms with Crippen LogP contribution in [0.2, 0.25) is 0 Å². The van der Waals surface area contributed by atoms with Gasteiger partial charge >= 0.3 is 0 Å². The Labute approximate surface area is 76.8 Å². The Morgan fingerprint density at radius 1 is 1.00 bits per heavy atom. The summed E-state index contributed by atoms with van der Waals surface area (Å²) >= 11 is 3.86. The Morgan fingerprint density at radius 3 is 1.91 bits per heavy atom. The van der Waals surface area contributed by atoms with Crippen molar-refractivity contribution in [2.45, 2.75) is 23.6 Å². The third-order valence-electron chi connectivity index (χ3n) is 1.28. The third kappa shape index (κ3) is 2.17. The first kappa shape index (κ1) is 9.01. The van der Waals surface area contributed by atoms with Crippen molar-refractivity contribution in [3.8, 4) is 0 Å². The fourth-order valence-corrected chi connectivity index (χ4v) is 3.22. The van der Waals surface area contributed by atoms with E-state index in [2.05, 4.69) is 24.3 Å². The molecule has 0 spiro atoms. The second-order valence-corrected chi connectivity index (χ2v) is 4.25. The van der Waals surface area contributed by atoms with Gasteiger partial charge in [-0.05, 0) is 12.1 Å². The van der Waals surface area contributed by atoms with Gasteiger partial charge in [-0.25, -0.2) is 0 Å². The van der Waals surface area contributed by atoms with Crippen LogP contribution in [0.3, 0.4) is 0 Å². The lowest BCUT2D eigenvalue weighted by Gasteiger charge is -1.90. The van der Waals surface area contributed by atoms with E-state index in [1.807, 2.05) is 37.4 Å². The number of hydrogen-bond donors (Lipinski definition) is 0. The van der Waals surface area contributed by atoms with Crippen molar-refractivity contribution in [1.82, 2.24) is 0 Å². The summed E-state index contributed by atoms with van der Waals surface area (Å²) in [5, 5.41) is 1.19. The first-order valence-corrected chi connectivity index (χ1v) is 5.78. The number of benzene rings is 1. The van der Waals surface area contributed by atoms with Gasteiger partial charge in [-0.3, -0.25) is 0 Å². The second-order valence-electron chi connectivity index (χ2n) is 1.85. The van der Waals surface area contributed by atoms with Crippen molar-refractivity contribution in [3.63, 3.8) is 0 Å². The molecule has 0 saturated heterocycles. The molecule has 1 heterocycles. The standard InChI is InChI=1S/C7H6S2.C2H6/c1-2-4-7-6(3-1)8-5-9-7;1-2/h1-4H,5H2;1-2H3. The molecule has 0 radical (unpaired) electrons. The van der Waals surface area contributed by atoms with Gasteiger partial charge in [0.25, 0.3) is 0 Å². The topological polar surface area (TPSA) is 0 Å². The van der Waals surface area contributed by atoms with Crippen LogP contribution in [-0.4, -0.2) is 5.08 Å². The van der Waals surface area contributed by atoms with E-state index in [4.69, 9.17) is 0 Å². The van der Waals surface area contributed by atoms with Gasteiger partial charge in [0.2, 0.25) is 0 Å². The van der Waals surface area contributed by atoms with Gasteiger partial charge in [0.05, 0.1) is 0 Å². The lowest BCUT2D eigenvalue weighted by molar-refractivity contribution is 1.27. The van der Waals surface area contributed by atoms with Crippen LogP contribution in [0.1, 0.15) is 13.8 Å². The summed E-state index contributed by atoms with van der Waals surface area (Å²) in [4.78, 5) is 2.89. The van der Waals surface area contributed by atoms with Gasteiger partial charge in [0, 0.05) is 14.9 Å². The van der Waals surface area contributed by atoms with Crippen molar-refractivity contribution in [2.75, 3.05) is 5.08 Å². The molecule has 0 saturated carbocycles. The smallest absolute Gasteiger partial charge is 0.0487 e. The molecule has 0 N–H and O–H groups in total. The van der Waals surface area contributed by atoms with Gasteiger partial charge in [-0.2, -0.15) is 0 Å². The van der Waals surface area contributed by atoms with Crippen LogP contribution >= 0.6 is 23.5 Å². The zero-order valence-corrected chi connectivity index (χ0v) is 8.47. The van der Waals surface area contributed by atoms with Crippen LogP contribution in [0.5, 0.6) is 0 Å². The maximum absolute atomic E-state index is 2.18. The minimum Gasteiger partial charge on any atom is -0.114 e. The van der Waals surface area contributed by atoms with Crippen LogP contribution in [0, 0.1) is 0 Å². The Morgan fingerprint density at radius 2 is 1.45 bits per heavy atom. The molecule has 0 amide bonds. The molecule has 1 aliphatic heterocycles. The maximum atomic E-state index is 2.18. The summed E-state index contributed by atoms with van der Waals surface area (Å²) in [6, 6.07) is 8.55. The van der Waals surface area contributed by atoms with Crippen LogP contribution < -0.4 is 0 Å². The molecule has 0 nitrogen and oxygen atoms in total. The van der Waals surface area contributed by atoms with E-state index in [1.54, 1.807) is 0 Å². The summed E-state index contributed by atoms with van der Waals surface area (Å²) < 4.78 is 0. The van der Waals surface area contributed by atoms with Crippen LogP contribution in [0.4, 0.5) is 0 Å². The van der Waals surface area contributed by atoms with Gasteiger partial charge in [-0.1, -0.05) is 26.0 Å². The fraction of sp³-hybridized carbons (Fsp3) is 0.333. The number of rotatable bonds is 0. The van der Waals surface area contributed by atoms with E-state index >= 15 is 0 Å². The molecule has 0 fully saturated rings. The van der Waals surface area contributed by atoms with Gasteiger partial charge in [-0.15, -0.1) is 23.5 Å². The van der Waals surface area contributed by atoms with Crippen molar-refractivity contribution < 1.29 is 0 Å². The molecule has 0 unspecified atom stereocenters. The molecular formula is C9H12S2. The van der Waals surface area contributed by atoms with Gasteiger partial charge in [0.15, 0.2) is 0 Å².